The molecule has 64 valence electrons. The molecule has 0 aliphatic carbocycles. The van der Waals surface area contributed by atoms with E-state index < -0.39 is 4.92 Å². The third kappa shape index (κ3) is 3.30. The maximum Gasteiger partial charge on any atom is 0.230 e. The predicted octanol–water partition coefficient (Wildman–Crippen LogP) is 2.47. The molecular formula is C8H9NO2S. The number of allylic oxidation sites excluding steroid dienone is 1. The minimum Gasteiger partial charge on any atom is -0.259 e. The molecule has 0 saturated carbocycles. The molecule has 1 rings (SSSR count). The topological polar surface area (TPSA) is 43.1 Å². The zero-order chi connectivity index (χ0) is 8.81. The zero-order valence-corrected chi connectivity index (χ0v) is 7.29. The number of hydrogen-bond acceptors (Lipinski definition) is 3. The molecule has 0 radical (unpaired) electrons. The van der Waals surface area contributed by atoms with Crippen molar-refractivity contribution in [1.29, 1.82) is 0 Å². The smallest absolute Gasteiger partial charge is 0.230 e. The molecule has 1 aromatic rings. The van der Waals surface area contributed by atoms with E-state index in [1.54, 1.807) is 17.4 Å². The fourth-order valence-corrected chi connectivity index (χ4v) is 1.57. The van der Waals surface area contributed by atoms with E-state index in [0.29, 0.717) is 0 Å². The van der Waals surface area contributed by atoms with Crippen LogP contribution in [0.4, 0.5) is 0 Å². The first-order valence-electron chi connectivity index (χ1n) is 3.61. The maximum atomic E-state index is 9.88. The van der Waals surface area contributed by atoms with Crippen LogP contribution >= 0.6 is 11.3 Å². The van der Waals surface area contributed by atoms with Gasteiger partial charge in [0.05, 0.1) is 4.92 Å². The van der Waals surface area contributed by atoms with E-state index in [2.05, 4.69) is 0 Å². The molecule has 0 unspecified atom stereocenters. The van der Waals surface area contributed by atoms with Crippen molar-refractivity contribution in [1.82, 2.24) is 0 Å². The SMILES string of the molecule is O=[N+]([O-])/C=C/CCc1cccs1. The number of aryl methyl sites for hydroxylation is 1. The van der Waals surface area contributed by atoms with E-state index in [9.17, 15) is 10.1 Å². The van der Waals surface area contributed by atoms with Gasteiger partial charge in [-0.1, -0.05) is 6.07 Å². The van der Waals surface area contributed by atoms with Gasteiger partial charge >= 0.3 is 0 Å². The highest BCUT2D eigenvalue weighted by molar-refractivity contribution is 7.09. The number of thiophene rings is 1. The Balaban J connectivity index is 2.23. The van der Waals surface area contributed by atoms with Crippen LogP contribution in [-0.2, 0) is 6.42 Å². The molecule has 0 N–H and O–H groups in total. The van der Waals surface area contributed by atoms with E-state index in [0.717, 1.165) is 19.0 Å². The largest absolute Gasteiger partial charge is 0.259 e. The summed E-state index contributed by atoms with van der Waals surface area (Å²) in [7, 11) is 0. The highest BCUT2D eigenvalue weighted by Gasteiger charge is 1.91. The van der Waals surface area contributed by atoms with Gasteiger partial charge in [0.25, 0.3) is 0 Å². The monoisotopic (exact) mass is 183 g/mol. The summed E-state index contributed by atoms with van der Waals surface area (Å²) in [4.78, 5) is 10.7. The summed E-state index contributed by atoms with van der Waals surface area (Å²) in [5, 5.41) is 11.9. The molecule has 0 aromatic carbocycles. The molecule has 0 atom stereocenters. The third-order valence-corrected chi connectivity index (χ3v) is 2.30. The fourth-order valence-electron chi connectivity index (χ4n) is 0.841. The van der Waals surface area contributed by atoms with Crippen LogP contribution in [0.5, 0.6) is 0 Å². The molecule has 12 heavy (non-hydrogen) atoms. The molecule has 1 heterocycles. The van der Waals surface area contributed by atoms with Gasteiger partial charge in [-0.05, 0) is 30.4 Å². The molecule has 3 nitrogen and oxygen atoms in total. The number of nitrogens with zero attached hydrogens (tertiary/aromatic N) is 1. The van der Waals surface area contributed by atoms with Gasteiger partial charge in [-0.25, -0.2) is 0 Å². The second-order valence-corrected chi connectivity index (χ2v) is 3.32. The van der Waals surface area contributed by atoms with E-state index in [4.69, 9.17) is 0 Å². The number of rotatable bonds is 4. The van der Waals surface area contributed by atoms with Gasteiger partial charge in [-0.2, -0.15) is 0 Å². The number of hydrogen-bond donors (Lipinski definition) is 0. The van der Waals surface area contributed by atoms with Crippen LogP contribution in [0.25, 0.3) is 0 Å². The van der Waals surface area contributed by atoms with Crippen LogP contribution in [-0.4, -0.2) is 4.92 Å². The van der Waals surface area contributed by atoms with E-state index in [1.807, 2.05) is 17.5 Å². The summed E-state index contributed by atoms with van der Waals surface area (Å²) in [5.74, 6) is 0. The Morgan fingerprint density at radius 1 is 1.67 bits per heavy atom. The van der Waals surface area contributed by atoms with Crippen molar-refractivity contribution in [2.45, 2.75) is 12.8 Å². The van der Waals surface area contributed by atoms with Gasteiger partial charge in [0.1, 0.15) is 0 Å². The average molecular weight is 183 g/mol. The summed E-state index contributed by atoms with van der Waals surface area (Å²) in [5.41, 5.74) is 0. The molecule has 0 aliphatic heterocycles. The van der Waals surface area contributed by atoms with Crippen LogP contribution in [0, 0.1) is 10.1 Å². The Labute approximate surface area is 74.5 Å². The van der Waals surface area contributed by atoms with Gasteiger partial charge in [-0.3, -0.25) is 10.1 Å². The summed E-state index contributed by atoms with van der Waals surface area (Å²) in [6.07, 6.45) is 4.21. The molecule has 0 spiro atoms. The van der Waals surface area contributed by atoms with Gasteiger partial charge in [-0.15, -0.1) is 11.3 Å². The van der Waals surface area contributed by atoms with E-state index >= 15 is 0 Å². The van der Waals surface area contributed by atoms with Crippen molar-refractivity contribution >= 4 is 11.3 Å². The summed E-state index contributed by atoms with van der Waals surface area (Å²) in [6.45, 7) is 0. The zero-order valence-electron chi connectivity index (χ0n) is 6.47. The van der Waals surface area contributed by atoms with Gasteiger partial charge < -0.3 is 0 Å². The van der Waals surface area contributed by atoms with E-state index in [-0.39, 0.29) is 0 Å². The lowest BCUT2D eigenvalue weighted by molar-refractivity contribution is -0.402. The molecule has 0 amide bonds. The van der Waals surface area contributed by atoms with Crippen molar-refractivity contribution in [2.75, 3.05) is 0 Å². The second kappa shape index (κ2) is 4.66. The molecule has 4 heteroatoms. The van der Waals surface area contributed by atoms with Crippen molar-refractivity contribution in [3.8, 4) is 0 Å². The van der Waals surface area contributed by atoms with Gasteiger partial charge in [0.2, 0.25) is 6.20 Å². The minimum absolute atomic E-state index is 0.436. The normalized spacial score (nSPS) is 10.7. The maximum absolute atomic E-state index is 9.88. The first-order chi connectivity index (χ1) is 5.79. The third-order valence-electron chi connectivity index (χ3n) is 1.36. The van der Waals surface area contributed by atoms with Crippen molar-refractivity contribution in [3.05, 3.63) is 44.8 Å². The first-order valence-corrected chi connectivity index (χ1v) is 4.49. The Morgan fingerprint density at radius 2 is 2.50 bits per heavy atom. The molecule has 0 bridgehead atoms. The minimum atomic E-state index is -0.436. The van der Waals surface area contributed by atoms with Crippen LogP contribution in [0.2, 0.25) is 0 Å². The Morgan fingerprint density at radius 3 is 3.08 bits per heavy atom. The molecular weight excluding hydrogens is 174 g/mol. The van der Waals surface area contributed by atoms with E-state index in [1.165, 1.54) is 4.88 Å². The van der Waals surface area contributed by atoms with Crippen molar-refractivity contribution in [3.63, 3.8) is 0 Å². The highest BCUT2D eigenvalue weighted by atomic mass is 32.1. The van der Waals surface area contributed by atoms with Crippen LogP contribution < -0.4 is 0 Å². The molecule has 0 fully saturated rings. The quantitative estimate of drug-likeness (QED) is 0.531. The average Bonchev–Trinajstić information content (AvgIpc) is 2.49. The Hall–Kier alpha value is -1.16. The van der Waals surface area contributed by atoms with Crippen LogP contribution in [0.3, 0.4) is 0 Å². The lowest BCUT2D eigenvalue weighted by atomic mass is 10.2. The summed E-state index contributed by atoms with van der Waals surface area (Å²) < 4.78 is 0. The van der Waals surface area contributed by atoms with Crippen LogP contribution in [0.15, 0.2) is 29.8 Å². The van der Waals surface area contributed by atoms with Gasteiger partial charge in [0.15, 0.2) is 0 Å². The lowest BCUT2D eigenvalue weighted by Crippen LogP contribution is -1.83. The predicted molar refractivity (Wildman–Crippen MR) is 48.8 cm³/mol. The van der Waals surface area contributed by atoms with Crippen molar-refractivity contribution < 1.29 is 4.92 Å². The Kier molecular flexibility index (Phi) is 3.47. The first kappa shape index (κ1) is 8.93. The number of nitro groups is 1. The van der Waals surface area contributed by atoms with Crippen molar-refractivity contribution in [2.24, 2.45) is 0 Å². The standard InChI is InChI=1S/C8H9NO2S/c10-9(11)6-2-1-4-8-5-3-7-12-8/h2-3,5-7H,1,4H2/b6-2+. The second-order valence-electron chi connectivity index (χ2n) is 2.29. The fraction of sp³-hybridized carbons (Fsp3) is 0.250. The highest BCUT2D eigenvalue weighted by Crippen LogP contribution is 2.10. The lowest BCUT2D eigenvalue weighted by Gasteiger charge is -1.88. The molecule has 0 saturated heterocycles. The molecule has 0 aliphatic rings. The summed E-state index contributed by atoms with van der Waals surface area (Å²) in [6, 6.07) is 4.02. The Bertz CT molecular complexity index is 267. The molecule has 1 aromatic heterocycles. The van der Waals surface area contributed by atoms with Crippen LogP contribution in [0.1, 0.15) is 11.3 Å². The summed E-state index contributed by atoms with van der Waals surface area (Å²) >= 11 is 1.68. The van der Waals surface area contributed by atoms with Gasteiger partial charge in [0, 0.05) is 4.88 Å².